The molecule has 2 aromatic heterocycles. The molecule has 68 valence electrons. The molecule has 0 unspecified atom stereocenters. The van der Waals surface area contributed by atoms with Crippen LogP contribution in [0, 0.1) is 11.3 Å². The summed E-state index contributed by atoms with van der Waals surface area (Å²) >= 11 is 0. The van der Waals surface area contributed by atoms with Crippen molar-refractivity contribution in [3.05, 3.63) is 36.4 Å². The van der Waals surface area contributed by atoms with Gasteiger partial charge in [-0.1, -0.05) is 0 Å². The van der Waals surface area contributed by atoms with Crippen molar-refractivity contribution in [2.45, 2.75) is 0 Å². The van der Waals surface area contributed by atoms with Gasteiger partial charge in [0.1, 0.15) is 17.6 Å². The minimum absolute atomic E-state index is 0.333. The molecule has 0 aromatic carbocycles. The standard InChI is InChI=1S/C9H7N5/c10-4-7-2-1-3-14(7)9-6-12-5-8(11)13-9/h1-3,5-6H,(H2,11,13). The molecule has 5 nitrogen and oxygen atoms in total. The second-order valence-electron chi connectivity index (χ2n) is 2.68. The van der Waals surface area contributed by atoms with E-state index in [0.29, 0.717) is 17.3 Å². The van der Waals surface area contributed by atoms with Gasteiger partial charge in [0.25, 0.3) is 0 Å². The lowest BCUT2D eigenvalue weighted by molar-refractivity contribution is 0.971. The number of nitriles is 1. The normalized spacial score (nSPS) is 9.64. The summed E-state index contributed by atoms with van der Waals surface area (Å²) in [4.78, 5) is 7.95. The van der Waals surface area contributed by atoms with Crippen LogP contribution in [0.1, 0.15) is 5.69 Å². The summed E-state index contributed by atoms with van der Waals surface area (Å²) < 4.78 is 1.63. The monoisotopic (exact) mass is 185 g/mol. The lowest BCUT2D eigenvalue weighted by Gasteiger charge is -2.02. The van der Waals surface area contributed by atoms with Gasteiger partial charge in [0.15, 0.2) is 5.82 Å². The smallest absolute Gasteiger partial charge is 0.158 e. The van der Waals surface area contributed by atoms with Gasteiger partial charge in [-0.15, -0.1) is 0 Å². The molecule has 2 heterocycles. The van der Waals surface area contributed by atoms with Crippen LogP contribution in [-0.4, -0.2) is 14.5 Å². The summed E-state index contributed by atoms with van der Waals surface area (Å²) in [6, 6.07) is 5.51. The molecule has 0 aliphatic rings. The molecular weight excluding hydrogens is 178 g/mol. The summed E-state index contributed by atoms with van der Waals surface area (Å²) in [6.07, 6.45) is 4.75. The van der Waals surface area contributed by atoms with Crippen LogP contribution in [0.2, 0.25) is 0 Å². The van der Waals surface area contributed by atoms with Crippen LogP contribution in [0.15, 0.2) is 30.7 Å². The summed E-state index contributed by atoms with van der Waals surface area (Å²) in [5.74, 6) is 0.881. The highest BCUT2D eigenvalue weighted by molar-refractivity contribution is 5.36. The molecule has 0 radical (unpaired) electrons. The first-order valence-electron chi connectivity index (χ1n) is 3.96. The molecule has 0 saturated carbocycles. The first-order chi connectivity index (χ1) is 6.81. The Labute approximate surface area is 80.4 Å². The van der Waals surface area contributed by atoms with E-state index in [-0.39, 0.29) is 0 Å². The van der Waals surface area contributed by atoms with Crippen LogP contribution in [0.5, 0.6) is 0 Å². The first kappa shape index (κ1) is 8.26. The van der Waals surface area contributed by atoms with E-state index < -0.39 is 0 Å². The number of rotatable bonds is 1. The summed E-state index contributed by atoms with van der Waals surface area (Å²) in [5, 5.41) is 8.79. The molecule has 0 atom stereocenters. The highest BCUT2D eigenvalue weighted by atomic mass is 15.1. The van der Waals surface area contributed by atoms with Gasteiger partial charge in [-0.25, -0.2) is 4.98 Å². The van der Waals surface area contributed by atoms with E-state index in [4.69, 9.17) is 11.0 Å². The fourth-order valence-electron chi connectivity index (χ4n) is 1.16. The van der Waals surface area contributed by atoms with E-state index in [1.54, 1.807) is 29.1 Å². The summed E-state index contributed by atoms with van der Waals surface area (Å²) in [7, 11) is 0. The van der Waals surface area contributed by atoms with Gasteiger partial charge >= 0.3 is 0 Å². The van der Waals surface area contributed by atoms with E-state index in [2.05, 4.69) is 9.97 Å². The molecule has 2 aromatic rings. The highest BCUT2D eigenvalue weighted by Gasteiger charge is 2.03. The van der Waals surface area contributed by atoms with Crippen LogP contribution >= 0.6 is 0 Å². The fraction of sp³-hybridized carbons (Fsp3) is 0. The van der Waals surface area contributed by atoms with E-state index >= 15 is 0 Å². The van der Waals surface area contributed by atoms with Crippen LogP contribution in [0.4, 0.5) is 5.82 Å². The SMILES string of the molecule is N#Cc1cccn1-c1cncc(N)n1. The van der Waals surface area contributed by atoms with Gasteiger partial charge in [-0.2, -0.15) is 5.26 Å². The third-order valence-corrected chi connectivity index (χ3v) is 1.75. The Kier molecular flexibility index (Phi) is 1.88. The van der Waals surface area contributed by atoms with Crippen molar-refractivity contribution in [1.82, 2.24) is 14.5 Å². The number of anilines is 1. The Bertz CT molecular complexity index is 494. The topological polar surface area (TPSA) is 80.5 Å². The fourth-order valence-corrected chi connectivity index (χ4v) is 1.16. The Balaban J connectivity index is 2.56. The molecule has 0 bridgehead atoms. The Morgan fingerprint density at radius 1 is 1.43 bits per heavy atom. The molecule has 0 aliphatic carbocycles. The minimum atomic E-state index is 0.333. The van der Waals surface area contributed by atoms with Crippen LogP contribution in [0.25, 0.3) is 5.82 Å². The second kappa shape index (κ2) is 3.18. The van der Waals surface area contributed by atoms with Crippen molar-refractivity contribution >= 4 is 5.82 Å². The molecule has 0 fully saturated rings. The predicted octanol–water partition coefficient (Wildman–Crippen LogP) is 0.721. The number of nitrogens with zero attached hydrogens (tertiary/aromatic N) is 4. The minimum Gasteiger partial charge on any atom is -0.382 e. The lowest BCUT2D eigenvalue weighted by atomic mass is 10.4. The van der Waals surface area contributed by atoms with Gasteiger partial charge < -0.3 is 5.73 Å². The number of hydrogen-bond donors (Lipinski definition) is 1. The average Bonchev–Trinajstić information content (AvgIpc) is 2.65. The molecule has 0 saturated heterocycles. The first-order valence-corrected chi connectivity index (χ1v) is 3.96. The van der Waals surface area contributed by atoms with Crippen molar-refractivity contribution in [3.63, 3.8) is 0 Å². The molecule has 0 aliphatic heterocycles. The van der Waals surface area contributed by atoms with Crippen molar-refractivity contribution in [1.29, 1.82) is 5.26 Å². The van der Waals surface area contributed by atoms with Gasteiger partial charge in [0.2, 0.25) is 0 Å². The molecule has 0 amide bonds. The number of nitrogen functional groups attached to an aromatic ring is 1. The van der Waals surface area contributed by atoms with E-state index in [1.165, 1.54) is 6.20 Å². The molecule has 14 heavy (non-hydrogen) atoms. The zero-order valence-electron chi connectivity index (χ0n) is 7.25. The molecular formula is C9H7N5. The third-order valence-electron chi connectivity index (χ3n) is 1.75. The maximum absolute atomic E-state index is 8.79. The maximum Gasteiger partial charge on any atom is 0.158 e. The van der Waals surface area contributed by atoms with E-state index in [0.717, 1.165) is 0 Å². The van der Waals surface area contributed by atoms with E-state index in [1.807, 2.05) is 6.07 Å². The molecule has 0 spiro atoms. The third kappa shape index (κ3) is 1.29. The second-order valence-corrected chi connectivity index (χ2v) is 2.68. The molecule has 2 N–H and O–H groups in total. The van der Waals surface area contributed by atoms with Crippen molar-refractivity contribution in [3.8, 4) is 11.9 Å². The van der Waals surface area contributed by atoms with Crippen LogP contribution in [0.3, 0.4) is 0 Å². The zero-order valence-corrected chi connectivity index (χ0v) is 7.25. The number of nitrogens with two attached hydrogens (primary N) is 1. The van der Waals surface area contributed by atoms with Gasteiger partial charge in [-0.3, -0.25) is 9.55 Å². The Hall–Kier alpha value is -2.35. The largest absolute Gasteiger partial charge is 0.382 e. The van der Waals surface area contributed by atoms with Gasteiger partial charge in [0, 0.05) is 6.20 Å². The van der Waals surface area contributed by atoms with Gasteiger partial charge in [-0.05, 0) is 12.1 Å². The quantitative estimate of drug-likeness (QED) is 0.709. The van der Waals surface area contributed by atoms with Crippen molar-refractivity contribution in [2.75, 3.05) is 5.73 Å². The maximum atomic E-state index is 8.79. The van der Waals surface area contributed by atoms with Gasteiger partial charge in [0.05, 0.1) is 12.4 Å². The highest BCUT2D eigenvalue weighted by Crippen LogP contribution is 2.09. The lowest BCUT2D eigenvalue weighted by Crippen LogP contribution is -2.01. The number of hydrogen-bond acceptors (Lipinski definition) is 4. The average molecular weight is 185 g/mol. The van der Waals surface area contributed by atoms with E-state index in [9.17, 15) is 0 Å². The summed E-state index contributed by atoms with van der Waals surface area (Å²) in [5.41, 5.74) is 5.99. The van der Waals surface area contributed by atoms with Crippen LogP contribution < -0.4 is 5.73 Å². The van der Waals surface area contributed by atoms with Crippen molar-refractivity contribution < 1.29 is 0 Å². The Morgan fingerprint density at radius 3 is 3.00 bits per heavy atom. The summed E-state index contributed by atoms with van der Waals surface area (Å²) in [6.45, 7) is 0. The molecule has 5 heteroatoms. The van der Waals surface area contributed by atoms with Crippen LogP contribution in [-0.2, 0) is 0 Å². The number of aromatic nitrogens is 3. The van der Waals surface area contributed by atoms with Crippen molar-refractivity contribution in [2.24, 2.45) is 0 Å². The predicted molar refractivity (Wildman–Crippen MR) is 50.5 cm³/mol. The zero-order chi connectivity index (χ0) is 9.97. The molecule has 2 rings (SSSR count). The Morgan fingerprint density at radius 2 is 2.29 bits per heavy atom.